The van der Waals surface area contributed by atoms with E-state index in [-0.39, 0.29) is 16.7 Å². The van der Waals surface area contributed by atoms with Gasteiger partial charge in [-0.25, -0.2) is 0 Å². The topological polar surface area (TPSA) is 17.1 Å². The van der Waals surface area contributed by atoms with E-state index in [1.807, 2.05) is 0 Å². The summed E-state index contributed by atoms with van der Waals surface area (Å²) in [4.78, 5) is 11.4. The Morgan fingerprint density at radius 2 is 2.09 bits per heavy atom. The molecule has 2 heteroatoms. The molecule has 0 aromatic heterocycles. The SMILES string of the molecule is CC1(C)[C@H]2C[C@H](Cl)C(=O)[C@@H]1C2. The summed E-state index contributed by atoms with van der Waals surface area (Å²) in [5.74, 6) is 1.26. The first-order chi connectivity index (χ1) is 5.03. The van der Waals surface area contributed by atoms with Crippen molar-refractivity contribution in [2.24, 2.45) is 17.3 Å². The third kappa shape index (κ3) is 0.807. The number of fused-ring (bicyclic) bond motifs is 2. The van der Waals surface area contributed by atoms with Crippen molar-refractivity contribution < 1.29 is 4.79 Å². The molecule has 0 radical (unpaired) electrons. The van der Waals surface area contributed by atoms with Crippen molar-refractivity contribution in [1.82, 2.24) is 0 Å². The van der Waals surface area contributed by atoms with Crippen molar-refractivity contribution in [3.05, 3.63) is 0 Å². The zero-order valence-corrected chi connectivity index (χ0v) is 7.69. The fraction of sp³-hybridized carbons (Fsp3) is 0.889. The molecule has 0 N–H and O–H groups in total. The fourth-order valence-corrected chi connectivity index (χ4v) is 2.85. The molecule has 3 saturated carbocycles. The Morgan fingerprint density at radius 1 is 1.45 bits per heavy atom. The van der Waals surface area contributed by atoms with Crippen LogP contribution in [0.4, 0.5) is 0 Å². The molecule has 0 spiro atoms. The quantitative estimate of drug-likeness (QED) is 0.513. The minimum absolute atomic E-state index is 0.174. The average Bonchev–Trinajstić information content (AvgIpc) is 1.93. The maximum Gasteiger partial charge on any atom is 0.154 e. The first kappa shape index (κ1) is 7.60. The molecule has 0 heterocycles. The van der Waals surface area contributed by atoms with Crippen LogP contribution in [0.2, 0.25) is 0 Å². The van der Waals surface area contributed by atoms with Crippen molar-refractivity contribution >= 4 is 17.4 Å². The third-order valence-corrected chi connectivity index (χ3v) is 4.01. The van der Waals surface area contributed by atoms with Crippen LogP contribution in [0, 0.1) is 17.3 Å². The van der Waals surface area contributed by atoms with Crippen LogP contribution in [0.15, 0.2) is 0 Å². The van der Waals surface area contributed by atoms with E-state index >= 15 is 0 Å². The Bertz CT molecular complexity index is 210. The fourth-order valence-electron chi connectivity index (χ4n) is 2.48. The van der Waals surface area contributed by atoms with Gasteiger partial charge in [0.05, 0.1) is 5.38 Å². The molecule has 3 aliphatic carbocycles. The lowest BCUT2D eigenvalue weighted by Crippen LogP contribution is -2.56. The number of hydrogen-bond donors (Lipinski definition) is 0. The lowest BCUT2D eigenvalue weighted by atomic mass is 9.48. The number of ketones is 1. The Kier molecular flexibility index (Phi) is 1.39. The largest absolute Gasteiger partial charge is 0.298 e. The minimum Gasteiger partial charge on any atom is -0.298 e. The zero-order valence-electron chi connectivity index (χ0n) is 6.93. The van der Waals surface area contributed by atoms with Gasteiger partial charge in [0.15, 0.2) is 5.78 Å². The first-order valence-corrected chi connectivity index (χ1v) is 4.65. The van der Waals surface area contributed by atoms with Crippen molar-refractivity contribution in [3.8, 4) is 0 Å². The average molecular weight is 173 g/mol. The highest BCUT2D eigenvalue weighted by atomic mass is 35.5. The predicted molar refractivity (Wildman–Crippen MR) is 44.6 cm³/mol. The summed E-state index contributed by atoms with van der Waals surface area (Å²) in [7, 11) is 0. The first-order valence-electron chi connectivity index (χ1n) is 4.21. The van der Waals surface area contributed by atoms with Gasteiger partial charge < -0.3 is 0 Å². The molecular weight excluding hydrogens is 160 g/mol. The highest BCUT2D eigenvalue weighted by Crippen LogP contribution is 2.58. The van der Waals surface area contributed by atoms with E-state index in [0.29, 0.717) is 11.7 Å². The van der Waals surface area contributed by atoms with Gasteiger partial charge in [0.25, 0.3) is 0 Å². The van der Waals surface area contributed by atoms with Crippen LogP contribution in [-0.2, 0) is 4.79 Å². The maximum absolute atomic E-state index is 11.4. The monoisotopic (exact) mass is 172 g/mol. The van der Waals surface area contributed by atoms with Crippen LogP contribution in [0.5, 0.6) is 0 Å². The van der Waals surface area contributed by atoms with Crippen LogP contribution in [-0.4, -0.2) is 11.2 Å². The minimum atomic E-state index is -0.174. The second kappa shape index (κ2) is 2.01. The van der Waals surface area contributed by atoms with Crippen LogP contribution in [0.1, 0.15) is 26.7 Å². The van der Waals surface area contributed by atoms with Crippen LogP contribution >= 0.6 is 11.6 Å². The van der Waals surface area contributed by atoms with E-state index in [0.717, 1.165) is 12.8 Å². The van der Waals surface area contributed by atoms with E-state index in [1.165, 1.54) is 0 Å². The number of alkyl halides is 1. The zero-order chi connectivity index (χ0) is 8.22. The molecule has 0 unspecified atom stereocenters. The van der Waals surface area contributed by atoms with Crippen LogP contribution in [0.25, 0.3) is 0 Å². The summed E-state index contributed by atoms with van der Waals surface area (Å²) in [6.07, 6.45) is 2.00. The smallest absolute Gasteiger partial charge is 0.154 e. The standard InChI is InChI=1S/C9H13ClO/c1-9(2)5-3-6(9)8(11)7(10)4-5/h5-7H,3-4H2,1-2H3/t5-,6+,7+/m1/s1. The van der Waals surface area contributed by atoms with E-state index in [9.17, 15) is 4.79 Å². The number of rotatable bonds is 0. The Balaban J connectivity index is 2.23. The molecule has 0 aromatic rings. The second-order valence-electron chi connectivity index (χ2n) is 4.41. The maximum atomic E-state index is 11.4. The normalized spacial score (nSPS) is 46.8. The van der Waals surface area contributed by atoms with Gasteiger partial charge in [-0.3, -0.25) is 4.79 Å². The molecule has 0 aromatic carbocycles. The van der Waals surface area contributed by atoms with Crippen molar-refractivity contribution in [3.63, 3.8) is 0 Å². The summed E-state index contributed by atoms with van der Waals surface area (Å²) >= 11 is 5.87. The van der Waals surface area contributed by atoms with Gasteiger partial charge in [-0.15, -0.1) is 11.6 Å². The van der Waals surface area contributed by atoms with Gasteiger partial charge in [0, 0.05) is 5.92 Å². The van der Waals surface area contributed by atoms with Gasteiger partial charge in [0.1, 0.15) is 0 Å². The van der Waals surface area contributed by atoms with Gasteiger partial charge in [-0.1, -0.05) is 13.8 Å². The summed E-state index contributed by atoms with van der Waals surface area (Å²) in [5.41, 5.74) is 0.252. The molecule has 62 valence electrons. The van der Waals surface area contributed by atoms with Crippen molar-refractivity contribution in [2.75, 3.05) is 0 Å². The molecule has 3 aliphatic rings. The summed E-state index contributed by atoms with van der Waals surface area (Å²) in [5, 5.41) is -0.174. The van der Waals surface area contributed by atoms with Crippen LogP contribution in [0.3, 0.4) is 0 Å². The summed E-state index contributed by atoms with van der Waals surface area (Å²) in [6, 6.07) is 0. The Labute approximate surface area is 72.1 Å². The molecular formula is C9H13ClO. The van der Waals surface area contributed by atoms with Crippen molar-refractivity contribution in [2.45, 2.75) is 32.1 Å². The highest BCUT2D eigenvalue weighted by Gasteiger charge is 2.57. The molecule has 11 heavy (non-hydrogen) atoms. The number of Topliss-reactive ketones (excluding diaryl/α,β-unsaturated/α-hetero) is 1. The number of carbonyl (C=O) groups is 1. The molecule has 3 rings (SSSR count). The van der Waals surface area contributed by atoms with Crippen molar-refractivity contribution in [1.29, 1.82) is 0 Å². The highest BCUT2D eigenvalue weighted by molar-refractivity contribution is 6.32. The van der Waals surface area contributed by atoms with Crippen LogP contribution < -0.4 is 0 Å². The lowest BCUT2D eigenvalue weighted by molar-refractivity contribution is -0.147. The Morgan fingerprint density at radius 3 is 2.45 bits per heavy atom. The number of carbonyl (C=O) groups excluding carboxylic acids is 1. The molecule has 0 amide bonds. The number of halogens is 1. The molecule has 3 atom stereocenters. The van der Waals surface area contributed by atoms with Gasteiger partial charge in [0.2, 0.25) is 0 Å². The third-order valence-electron chi connectivity index (χ3n) is 3.61. The van der Waals surface area contributed by atoms with E-state index in [2.05, 4.69) is 13.8 Å². The van der Waals surface area contributed by atoms with Gasteiger partial charge in [-0.2, -0.15) is 0 Å². The van der Waals surface area contributed by atoms with E-state index < -0.39 is 0 Å². The summed E-state index contributed by atoms with van der Waals surface area (Å²) in [6.45, 7) is 4.37. The lowest BCUT2D eigenvalue weighted by Gasteiger charge is -2.56. The van der Waals surface area contributed by atoms with E-state index in [4.69, 9.17) is 11.6 Å². The molecule has 0 saturated heterocycles. The van der Waals surface area contributed by atoms with Gasteiger partial charge in [-0.05, 0) is 24.2 Å². The molecule has 3 fully saturated rings. The second-order valence-corrected chi connectivity index (χ2v) is 4.94. The number of hydrogen-bond acceptors (Lipinski definition) is 1. The van der Waals surface area contributed by atoms with E-state index in [1.54, 1.807) is 0 Å². The molecule has 1 nitrogen and oxygen atoms in total. The molecule has 2 bridgehead atoms. The molecule has 0 aliphatic heterocycles. The summed E-state index contributed by atoms with van der Waals surface area (Å²) < 4.78 is 0. The Hall–Kier alpha value is -0.0400. The predicted octanol–water partition coefficient (Wildman–Crippen LogP) is 2.23. The van der Waals surface area contributed by atoms with Gasteiger partial charge >= 0.3 is 0 Å².